The van der Waals surface area contributed by atoms with Gasteiger partial charge in [-0.3, -0.25) is 0 Å². The Morgan fingerprint density at radius 3 is 2.09 bits per heavy atom. The fourth-order valence-corrected chi connectivity index (χ4v) is 2.10. The number of halogens is 1. The minimum absolute atomic E-state index is 0.435. The lowest BCUT2D eigenvalue weighted by Gasteiger charge is -2.29. The standard InChI is InChI=1S/C9H20IN/c1-9(2,3)8(4-6-10)5-7-11/h8H,4-7,11H2,1-3H3. The van der Waals surface area contributed by atoms with Gasteiger partial charge in [0, 0.05) is 0 Å². The summed E-state index contributed by atoms with van der Waals surface area (Å²) in [4.78, 5) is 0. The molecule has 0 radical (unpaired) electrons. The van der Waals surface area contributed by atoms with Gasteiger partial charge in [-0.15, -0.1) is 0 Å². The predicted molar refractivity (Wildman–Crippen MR) is 60.1 cm³/mol. The van der Waals surface area contributed by atoms with Gasteiger partial charge < -0.3 is 5.73 Å². The van der Waals surface area contributed by atoms with E-state index in [1.54, 1.807) is 0 Å². The van der Waals surface area contributed by atoms with Crippen molar-refractivity contribution < 1.29 is 0 Å². The van der Waals surface area contributed by atoms with Crippen molar-refractivity contribution in [1.82, 2.24) is 0 Å². The molecule has 0 bridgehead atoms. The highest BCUT2D eigenvalue weighted by Crippen LogP contribution is 2.31. The fraction of sp³-hybridized carbons (Fsp3) is 1.00. The van der Waals surface area contributed by atoms with Crippen LogP contribution < -0.4 is 5.73 Å². The second-order valence-electron chi connectivity index (χ2n) is 4.12. The molecule has 1 unspecified atom stereocenters. The maximum atomic E-state index is 5.55. The van der Waals surface area contributed by atoms with Crippen LogP contribution in [0.2, 0.25) is 0 Å². The lowest BCUT2D eigenvalue weighted by Crippen LogP contribution is -2.23. The van der Waals surface area contributed by atoms with Crippen LogP contribution in [0.3, 0.4) is 0 Å². The van der Waals surface area contributed by atoms with Crippen molar-refractivity contribution in [2.75, 3.05) is 11.0 Å². The van der Waals surface area contributed by atoms with Gasteiger partial charge in [-0.05, 0) is 35.1 Å². The summed E-state index contributed by atoms with van der Waals surface area (Å²) < 4.78 is 1.25. The molecule has 0 aromatic rings. The third-order valence-electron chi connectivity index (χ3n) is 2.20. The molecule has 0 spiro atoms. The average molecular weight is 269 g/mol. The van der Waals surface area contributed by atoms with Gasteiger partial charge in [0.1, 0.15) is 0 Å². The van der Waals surface area contributed by atoms with Gasteiger partial charge in [-0.2, -0.15) is 0 Å². The molecular formula is C9H20IN. The Balaban J connectivity index is 3.88. The normalized spacial score (nSPS) is 15.0. The van der Waals surface area contributed by atoms with Gasteiger partial charge in [-0.1, -0.05) is 43.4 Å². The van der Waals surface area contributed by atoms with E-state index >= 15 is 0 Å². The second-order valence-corrected chi connectivity index (χ2v) is 5.20. The predicted octanol–water partition coefficient (Wildman–Crippen LogP) is 2.82. The fourth-order valence-electron chi connectivity index (χ4n) is 1.34. The van der Waals surface area contributed by atoms with E-state index in [1.165, 1.54) is 17.3 Å². The summed E-state index contributed by atoms with van der Waals surface area (Å²) in [7, 11) is 0. The summed E-state index contributed by atoms with van der Waals surface area (Å²) in [6.45, 7) is 7.75. The third kappa shape index (κ3) is 5.01. The first-order valence-corrected chi connectivity index (χ1v) is 5.81. The largest absolute Gasteiger partial charge is 0.330 e. The van der Waals surface area contributed by atoms with Crippen LogP contribution in [0, 0.1) is 11.3 Å². The Morgan fingerprint density at radius 1 is 1.27 bits per heavy atom. The minimum Gasteiger partial charge on any atom is -0.330 e. The molecule has 1 nitrogen and oxygen atoms in total. The number of hydrogen-bond donors (Lipinski definition) is 1. The smallest absolute Gasteiger partial charge is 0.000188 e. The molecule has 0 aliphatic heterocycles. The number of rotatable bonds is 4. The third-order valence-corrected chi connectivity index (χ3v) is 2.82. The molecule has 2 N–H and O–H groups in total. The van der Waals surface area contributed by atoms with Gasteiger partial charge in [0.05, 0.1) is 0 Å². The molecular weight excluding hydrogens is 249 g/mol. The van der Waals surface area contributed by atoms with Crippen molar-refractivity contribution in [2.45, 2.75) is 33.6 Å². The molecule has 0 saturated carbocycles. The van der Waals surface area contributed by atoms with E-state index in [0.717, 1.165) is 12.5 Å². The highest BCUT2D eigenvalue weighted by atomic mass is 127. The van der Waals surface area contributed by atoms with Crippen LogP contribution in [0.15, 0.2) is 0 Å². The molecule has 0 aromatic heterocycles. The molecule has 0 heterocycles. The first-order chi connectivity index (χ1) is 5.02. The van der Waals surface area contributed by atoms with Crippen LogP contribution in [0.25, 0.3) is 0 Å². The van der Waals surface area contributed by atoms with Crippen molar-refractivity contribution in [3.8, 4) is 0 Å². The highest BCUT2D eigenvalue weighted by molar-refractivity contribution is 14.1. The van der Waals surface area contributed by atoms with E-state index in [-0.39, 0.29) is 0 Å². The lowest BCUT2D eigenvalue weighted by molar-refractivity contribution is 0.224. The second kappa shape index (κ2) is 5.36. The first kappa shape index (κ1) is 11.7. The number of hydrogen-bond acceptors (Lipinski definition) is 1. The zero-order valence-electron chi connectivity index (χ0n) is 7.86. The van der Waals surface area contributed by atoms with E-state index in [9.17, 15) is 0 Å². The zero-order valence-corrected chi connectivity index (χ0v) is 10.0. The summed E-state index contributed by atoms with van der Waals surface area (Å²) in [6, 6.07) is 0. The van der Waals surface area contributed by atoms with Crippen molar-refractivity contribution in [1.29, 1.82) is 0 Å². The van der Waals surface area contributed by atoms with Crippen molar-refractivity contribution in [2.24, 2.45) is 17.1 Å². The van der Waals surface area contributed by atoms with Crippen molar-refractivity contribution >= 4 is 22.6 Å². The molecule has 0 aliphatic rings. The molecule has 0 aromatic carbocycles. The van der Waals surface area contributed by atoms with Crippen molar-refractivity contribution in [3.05, 3.63) is 0 Å². The van der Waals surface area contributed by atoms with Gasteiger partial charge in [0.2, 0.25) is 0 Å². The molecule has 2 heteroatoms. The van der Waals surface area contributed by atoms with Crippen LogP contribution in [-0.4, -0.2) is 11.0 Å². The van der Waals surface area contributed by atoms with Gasteiger partial charge in [-0.25, -0.2) is 0 Å². The Kier molecular flexibility index (Phi) is 5.69. The molecule has 0 amide bonds. The zero-order chi connectivity index (χ0) is 8.91. The summed E-state index contributed by atoms with van der Waals surface area (Å²) in [5.74, 6) is 0.796. The maximum Gasteiger partial charge on any atom is -0.000188 e. The molecule has 68 valence electrons. The quantitative estimate of drug-likeness (QED) is 0.616. The van der Waals surface area contributed by atoms with E-state index in [2.05, 4.69) is 43.4 Å². The molecule has 11 heavy (non-hydrogen) atoms. The monoisotopic (exact) mass is 269 g/mol. The summed E-state index contributed by atoms with van der Waals surface area (Å²) in [5.41, 5.74) is 5.99. The van der Waals surface area contributed by atoms with Crippen LogP contribution in [0.5, 0.6) is 0 Å². The van der Waals surface area contributed by atoms with Crippen LogP contribution in [0.4, 0.5) is 0 Å². The van der Waals surface area contributed by atoms with E-state index in [4.69, 9.17) is 5.73 Å². The summed E-state index contributed by atoms with van der Waals surface area (Å²) in [6.07, 6.45) is 2.48. The SMILES string of the molecule is CC(C)(C)C(CCN)CCI. The van der Waals surface area contributed by atoms with Gasteiger partial charge in [0.25, 0.3) is 0 Å². The van der Waals surface area contributed by atoms with Gasteiger partial charge >= 0.3 is 0 Å². The maximum absolute atomic E-state index is 5.55. The van der Waals surface area contributed by atoms with E-state index < -0.39 is 0 Å². The molecule has 0 fully saturated rings. The average Bonchev–Trinajstić information content (AvgIpc) is 1.85. The van der Waals surface area contributed by atoms with Crippen LogP contribution in [0.1, 0.15) is 33.6 Å². The highest BCUT2D eigenvalue weighted by Gasteiger charge is 2.22. The molecule has 1 atom stereocenters. The Hall–Kier alpha value is 0.690. The van der Waals surface area contributed by atoms with Crippen LogP contribution >= 0.6 is 22.6 Å². The Morgan fingerprint density at radius 2 is 1.82 bits per heavy atom. The lowest BCUT2D eigenvalue weighted by atomic mass is 9.77. The van der Waals surface area contributed by atoms with E-state index in [0.29, 0.717) is 5.41 Å². The van der Waals surface area contributed by atoms with E-state index in [1.807, 2.05) is 0 Å². The summed E-state index contributed by atoms with van der Waals surface area (Å²) in [5, 5.41) is 0. The molecule has 0 rings (SSSR count). The summed E-state index contributed by atoms with van der Waals surface area (Å²) >= 11 is 2.44. The Labute approximate surface area is 84.3 Å². The first-order valence-electron chi connectivity index (χ1n) is 4.28. The Bertz CT molecular complexity index is 90.2. The topological polar surface area (TPSA) is 26.0 Å². The molecule has 0 aliphatic carbocycles. The van der Waals surface area contributed by atoms with Crippen molar-refractivity contribution in [3.63, 3.8) is 0 Å². The minimum atomic E-state index is 0.435. The van der Waals surface area contributed by atoms with Crippen LogP contribution in [-0.2, 0) is 0 Å². The molecule has 0 saturated heterocycles. The number of nitrogens with two attached hydrogens (primary N) is 1. The van der Waals surface area contributed by atoms with Gasteiger partial charge in [0.15, 0.2) is 0 Å². The number of alkyl halides is 1.